The average molecular weight is 426 g/mol. The highest BCUT2D eigenvalue weighted by Crippen LogP contribution is 2.23. The number of pyridine rings is 1. The SMILES string of the molecule is N#Cc1ccc(-c2csc(CNC(=O)[C@H]3CCCN(C(=O)[C@H]4CCCO4)C3)n2)cn1. The molecule has 156 valence electrons. The summed E-state index contributed by atoms with van der Waals surface area (Å²) >= 11 is 1.47. The smallest absolute Gasteiger partial charge is 0.251 e. The molecule has 0 aromatic carbocycles. The summed E-state index contributed by atoms with van der Waals surface area (Å²) in [6.45, 7) is 2.13. The van der Waals surface area contributed by atoms with Gasteiger partial charge in [0.2, 0.25) is 5.91 Å². The van der Waals surface area contributed by atoms with Gasteiger partial charge in [-0.25, -0.2) is 9.97 Å². The Balaban J connectivity index is 1.30. The Morgan fingerprint density at radius 1 is 1.33 bits per heavy atom. The van der Waals surface area contributed by atoms with Crippen molar-refractivity contribution in [3.8, 4) is 17.3 Å². The molecule has 4 rings (SSSR count). The lowest BCUT2D eigenvalue weighted by molar-refractivity contribution is -0.144. The van der Waals surface area contributed by atoms with Crippen LogP contribution in [0.3, 0.4) is 0 Å². The Morgan fingerprint density at radius 3 is 2.97 bits per heavy atom. The number of amides is 2. The van der Waals surface area contributed by atoms with Crippen LogP contribution in [0.2, 0.25) is 0 Å². The highest BCUT2D eigenvalue weighted by atomic mass is 32.1. The minimum absolute atomic E-state index is 0.0191. The minimum Gasteiger partial charge on any atom is -0.368 e. The first-order valence-corrected chi connectivity index (χ1v) is 11.0. The van der Waals surface area contributed by atoms with E-state index >= 15 is 0 Å². The van der Waals surface area contributed by atoms with Crippen molar-refractivity contribution in [3.63, 3.8) is 0 Å². The van der Waals surface area contributed by atoms with Crippen molar-refractivity contribution in [3.05, 3.63) is 34.4 Å². The van der Waals surface area contributed by atoms with Gasteiger partial charge < -0.3 is 15.0 Å². The van der Waals surface area contributed by atoms with E-state index in [1.165, 1.54) is 11.3 Å². The van der Waals surface area contributed by atoms with Crippen molar-refractivity contribution < 1.29 is 14.3 Å². The number of carbonyl (C=O) groups is 2. The third kappa shape index (κ3) is 4.66. The molecule has 9 heteroatoms. The van der Waals surface area contributed by atoms with Gasteiger partial charge in [0.1, 0.15) is 22.9 Å². The van der Waals surface area contributed by atoms with E-state index in [0.29, 0.717) is 31.9 Å². The molecule has 0 spiro atoms. The number of carbonyl (C=O) groups excluding carboxylic acids is 2. The molecule has 2 aliphatic rings. The molecule has 2 saturated heterocycles. The van der Waals surface area contributed by atoms with E-state index in [1.807, 2.05) is 17.5 Å². The van der Waals surface area contributed by atoms with Crippen LogP contribution in [-0.2, 0) is 20.9 Å². The maximum atomic E-state index is 12.7. The van der Waals surface area contributed by atoms with Crippen molar-refractivity contribution in [2.24, 2.45) is 5.92 Å². The van der Waals surface area contributed by atoms with Crippen molar-refractivity contribution in [2.75, 3.05) is 19.7 Å². The lowest BCUT2D eigenvalue weighted by Crippen LogP contribution is -2.48. The Hall–Kier alpha value is -2.83. The summed E-state index contributed by atoms with van der Waals surface area (Å²) in [4.78, 5) is 35.6. The van der Waals surface area contributed by atoms with Crippen LogP contribution in [0, 0.1) is 17.2 Å². The van der Waals surface area contributed by atoms with E-state index in [1.54, 1.807) is 17.2 Å². The van der Waals surface area contributed by atoms with E-state index in [4.69, 9.17) is 10.00 Å². The normalized spacial score (nSPS) is 21.2. The third-order valence-corrected chi connectivity index (χ3v) is 6.30. The first-order valence-electron chi connectivity index (χ1n) is 10.1. The van der Waals surface area contributed by atoms with Crippen LogP contribution in [0.5, 0.6) is 0 Å². The fraction of sp³-hybridized carbons (Fsp3) is 0.476. The summed E-state index contributed by atoms with van der Waals surface area (Å²) in [5.74, 6) is -0.228. The number of rotatable bonds is 5. The standard InChI is InChI=1S/C21H23N5O3S/c22-9-16-6-5-14(10-23-16)17-13-30-19(25-17)11-24-20(27)15-3-1-7-26(12-15)21(28)18-4-2-8-29-18/h5-6,10,13,15,18H,1-4,7-8,11-12H2,(H,24,27)/t15-,18+/m0/s1. The van der Waals surface area contributed by atoms with E-state index in [0.717, 1.165) is 41.9 Å². The van der Waals surface area contributed by atoms with Crippen molar-refractivity contribution >= 4 is 23.2 Å². The second-order valence-corrected chi connectivity index (χ2v) is 8.46. The quantitative estimate of drug-likeness (QED) is 0.786. The first kappa shape index (κ1) is 20.4. The van der Waals surface area contributed by atoms with Gasteiger partial charge in [-0.05, 0) is 37.8 Å². The number of ether oxygens (including phenoxy) is 1. The Kier molecular flexibility index (Phi) is 6.35. The van der Waals surface area contributed by atoms with E-state index < -0.39 is 0 Å². The fourth-order valence-corrected chi connectivity index (χ4v) is 4.55. The van der Waals surface area contributed by atoms with Crippen LogP contribution in [0.1, 0.15) is 36.4 Å². The van der Waals surface area contributed by atoms with Gasteiger partial charge in [-0.1, -0.05) is 0 Å². The molecule has 4 heterocycles. The molecule has 2 aromatic rings. The minimum atomic E-state index is -0.336. The third-order valence-electron chi connectivity index (χ3n) is 5.45. The molecule has 0 bridgehead atoms. The largest absolute Gasteiger partial charge is 0.368 e. The molecular formula is C21H23N5O3S. The van der Waals surface area contributed by atoms with Gasteiger partial charge in [0.25, 0.3) is 5.91 Å². The lowest BCUT2D eigenvalue weighted by Gasteiger charge is -2.33. The zero-order valence-corrected chi connectivity index (χ0v) is 17.4. The summed E-state index contributed by atoms with van der Waals surface area (Å²) < 4.78 is 5.50. The number of aromatic nitrogens is 2. The van der Waals surface area contributed by atoms with Crippen molar-refractivity contribution in [2.45, 2.75) is 38.3 Å². The van der Waals surface area contributed by atoms with Gasteiger partial charge in [-0.3, -0.25) is 9.59 Å². The number of hydrogen-bond acceptors (Lipinski definition) is 7. The number of nitrogens with zero attached hydrogens (tertiary/aromatic N) is 4. The molecule has 0 radical (unpaired) electrons. The Labute approximate surface area is 178 Å². The topological polar surface area (TPSA) is 108 Å². The van der Waals surface area contributed by atoms with Crippen LogP contribution >= 0.6 is 11.3 Å². The Bertz CT molecular complexity index is 946. The number of thiazole rings is 1. The predicted octanol–water partition coefficient (Wildman–Crippen LogP) is 2.11. The molecule has 8 nitrogen and oxygen atoms in total. The van der Waals surface area contributed by atoms with Crippen LogP contribution in [0.15, 0.2) is 23.7 Å². The zero-order valence-electron chi connectivity index (χ0n) is 16.5. The molecule has 0 unspecified atom stereocenters. The molecule has 0 saturated carbocycles. The molecule has 30 heavy (non-hydrogen) atoms. The Morgan fingerprint density at radius 2 is 2.23 bits per heavy atom. The number of piperidine rings is 1. The number of nitriles is 1. The summed E-state index contributed by atoms with van der Waals surface area (Å²) in [7, 11) is 0. The van der Waals surface area contributed by atoms with Gasteiger partial charge in [0, 0.05) is 36.8 Å². The molecular weight excluding hydrogens is 402 g/mol. The van der Waals surface area contributed by atoms with Crippen LogP contribution in [-0.4, -0.2) is 52.5 Å². The maximum Gasteiger partial charge on any atom is 0.251 e. The van der Waals surface area contributed by atoms with E-state index in [-0.39, 0.29) is 23.8 Å². The zero-order chi connectivity index (χ0) is 20.9. The average Bonchev–Trinajstić information content (AvgIpc) is 3.49. The van der Waals surface area contributed by atoms with Crippen molar-refractivity contribution in [1.29, 1.82) is 5.26 Å². The second-order valence-electron chi connectivity index (χ2n) is 7.51. The van der Waals surface area contributed by atoms with Crippen LogP contribution in [0.25, 0.3) is 11.3 Å². The number of hydrogen-bond donors (Lipinski definition) is 1. The highest BCUT2D eigenvalue weighted by Gasteiger charge is 2.33. The summed E-state index contributed by atoms with van der Waals surface area (Å²) in [6.07, 6.45) is 4.58. The number of likely N-dealkylation sites (tertiary alicyclic amines) is 1. The summed E-state index contributed by atoms with van der Waals surface area (Å²) in [5, 5.41) is 14.5. The lowest BCUT2D eigenvalue weighted by atomic mass is 9.96. The second kappa shape index (κ2) is 9.32. The fourth-order valence-electron chi connectivity index (χ4n) is 3.81. The predicted molar refractivity (Wildman–Crippen MR) is 110 cm³/mol. The summed E-state index contributed by atoms with van der Waals surface area (Å²) in [6, 6.07) is 5.46. The van der Waals surface area contributed by atoms with Gasteiger partial charge in [-0.15, -0.1) is 11.3 Å². The molecule has 2 atom stereocenters. The maximum absolute atomic E-state index is 12.7. The van der Waals surface area contributed by atoms with Gasteiger partial charge in [-0.2, -0.15) is 5.26 Å². The molecule has 2 fully saturated rings. The molecule has 1 N–H and O–H groups in total. The van der Waals surface area contributed by atoms with Crippen molar-refractivity contribution in [1.82, 2.24) is 20.2 Å². The first-order chi connectivity index (χ1) is 14.6. The van der Waals surface area contributed by atoms with Gasteiger partial charge in [0.15, 0.2) is 0 Å². The van der Waals surface area contributed by atoms with Gasteiger partial charge in [0.05, 0.1) is 18.2 Å². The van der Waals surface area contributed by atoms with Crippen LogP contribution < -0.4 is 5.32 Å². The molecule has 0 aliphatic carbocycles. The molecule has 2 aromatic heterocycles. The van der Waals surface area contributed by atoms with Gasteiger partial charge >= 0.3 is 0 Å². The molecule has 2 amide bonds. The van der Waals surface area contributed by atoms with E-state index in [2.05, 4.69) is 15.3 Å². The molecule has 2 aliphatic heterocycles. The van der Waals surface area contributed by atoms with Crippen LogP contribution in [0.4, 0.5) is 0 Å². The van der Waals surface area contributed by atoms with E-state index in [9.17, 15) is 9.59 Å². The monoisotopic (exact) mass is 425 g/mol. The summed E-state index contributed by atoms with van der Waals surface area (Å²) in [5.41, 5.74) is 1.96. The number of nitrogens with one attached hydrogen (secondary N) is 1. The highest BCUT2D eigenvalue weighted by molar-refractivity contribution is 7.09.